The molecule has 0 amide bonds. The average molecular weight is 288 g/mol. The van der Waals surface area contributed by atoms with Crippen molar-refractivity contribution in [2.75, 3.05) is 0 Å². The van der Waals surface area contributed by atoms with Gasteiger partial charge in [0.05, 0.1) is 16.6 Å². The maximum Gasteiger partial charge on any atom is 0.337 e. The van der Waals surface area contributed by atoms with E-state index >= 15 is 0 Å². The monoisotopic (exact) mass is 288 g/mol. The molecule has 0 aliphatic heterocycles. The highest BCUT2D eigenvalue weighted by Gasteiger charge is 2.28. The molecule has 2 aromatic rings. The number of rotatable bonds is 5. The number of carboxylic acid groups (broad SMARTS) is 1. The molecule has 0 fully saturated rings. The molecule has 2 rings (SSSR count). The molecule has 0 spiro atoms. The van der Waals surface area contributed by atoms with E-state index in [0.717, 1.165) is 29.7 Å². The number of hydrogen-bond donors (Lipinski definition) is 1. The Morgan fingerprint density at radius 3 is 2.57 bits per heavy atom. The Balaban J connectivity index is 2.87. The maximum absolute atomic E-state index is 11.6. The Morgan fingerprint density at radius 1 is 1.38 bits per heavy atom. The molecular formula is C17H24N2O2. The van der Waals surface area contributed by atoms with Crippen LogP contribution in [0.3, 0.4) is 0 Å². The largest absolute Gasteiger partial charge is 0.478 e. The molecule has 0 radical (unpaired) electrons. The zero-order valence-corrected chi connectivity index (χ0v) is 13.5. The number of carboxylic acids is 1. The molecule has 1 heterocycles. The van der Waals surface area contributed by atoms with Crippen LogP contribution in [0.2, 0.25) is 0 Å². The van der Waals surface area contributed by atoms with Crippen LogP contribution in [0.1, 0.15) is 69.6 Å². The van der Waals surface area contributed by atoms with Gasteiger partial charge in [-0.15, -0.1) is 0 Å². The molecule has 0 saturated heterocycles. The van der Waals surface area contributed by atoms with Crippen molar-refractivity contribution >= 4 is 17.0 Å². The lowest BCUT2D eigenvalue weighted by atomic mass is 9.96. The summed E-state index contributed by atoms with van der Waals surface area (Å²) < 4.78 is 2.14. The van der Waals surface area contributed by atoms with E-state index in [-0.39, 0.29) is 11.5 Å². The van der Waals surface area contributed by atoms with Crippen molar-refractivity contribution in [2.45, 2.75) is 58.9 Å². The molecule has 0 unspecified atom stereocenters. The SMILES string of the molecule is CCCC(C)(C)n1c(C(C)C)nc2cccc(C(=O)O)c21. The van der Waals surface area contributed by atoms with Crippen LogP contribution in [-0.4, -0.2) is 20.6 Å². The first kappa shape index (κ1) is 15.5. The highest BCUT2D eigenvalue weighted by molar-refractivity contribution is 6.01. The van der Waals surface area contributed by atoms with Crippen molar-refractivity contribution < 1.29 is 9.90 Å². The minimum atomic E-state index is -0.899. The number of hydrogen-bond acceptors (Lipinski definition) is 2. The Bertz CT molecular complexity index is 669. The summed E-state index contributed by atoms with van der Waals surface area (Å²) in [5.74, 6) is 0.302. The zero-order chi connectivity index (χ0) is 15.8. The van der Waals surface area contributed by atoms with E-state index in [1.165, 1.54) is 0 Å². The maximum atomic E-state index is 11.6. The summed E-state index contributed by atoms with van der Waals surface area (Å²) in [6.45, 7) is 10.7. The number of benzene rings is 1. The van der Waals surface area contributed by atoms with Crippen LogP contribution in [0.4, 0.5) is 0 Å². The van der Waals surface area contributed by atoms with Crippen molar-refractivity contribution in [3.63, 3.8) is 0 Å². The Kier molecular flexibility index (Phi) is 4.08. The lowest BCUT2D eigenvalue weighted by Crippen LogP contribution is -2.29. The molecule has 0 aliphatic rings. The number of aromatic carboxylic acids is 1. The van der Waals surface area contributed by atoms with E-state index in [1.54, 1.807) is 12.1 Å². The van der Waals surface area contributed by atoms with Crippen molar-refractivity contribution in [1.82, 2.24) is 9.55 Å². The van der Waals surface area contributed by atoms with Crippen LogP contribution in [0.15, 0.2) is 18.2 Å². The fourth-order valence-electron chi connectivity index (χ4n) is 3.04. The summed E-state index contributed by atoms with van der Waals surface area (Å²) >= 11 is 0. The summed E-state index contributed by atoms with van der Waals surface area (Å²) in [4.78, 5) is 16.3. The number of nitrogens with zero attached hydrogens (tertiary/aromatic N) is 2. The molecule has 1 N–H and O–H groups in total. The topological polar surface area (TPSA) is 55.1 Å². The minimum absolute atomic E-state index is 0.158. The Labute approximate surface area is 125 Å². The highest BCUT2D eigenvalue weighted by Crippen LogP contribution is 2.33. The van der Waals surface area contributed by atoms with Crippen molar-refractivity contribution in [3.8, 4) is 0 Å². The van der Waals surface area contributed by atoms with Gasteiger partial charge in [0.15, 0.2) is 0 Å². The summed E-state index contributed by atoms with van der Waals surface area (Å²) in [6.07, 6.45) is 2.02. The van der Waals surface area contributed by atoms with E-state index in [2.05, 4.69) is 39.2 Å². The van der Waals surface area contributed by atoms with Crippen molar-refractivity contribution in [2.24, 2.45) is 0 Å². The van der Waals surface area contributed by atoms with Crippen LogP contribution in [0.5, 0.6) is 0 Å². The Morgan fingerprint density at radius 2 is 2.05 bits per heavy atom. The molecule has 0 aliphatic carbocycles. The first-order valence-corrected chi connectivity index (χ1v) is 7.54. The van der Waals surface area contributed by atoms with Crippen LogP contribution in [0.25, 0.3) is 11.0 Å². The van der Waals surface area contributed by atoms with Crippen molar-refractivity contribution in [3.05, 3.63) is 29.6 Å². The van der Waals surface area contributed by atoms with Gasteiger partial charge in [-0.2, -0.15) is 0 Å². The third-order valence-electron chi connectivity index (χ3n) is 3.92. The molecule has 114 valence electrons. The molecule has 4 heteroatoms. The summed E-state index contributed by atoms with van der Waals surface area (Å²) in [5, 5.41) is 9.51. The molecule has 0 bridgehead atoms. The van der Waals surface area contributed by atoms with Gasteiger partial charge in [-0.05, 0) is 32.4 Å². The quantitative estimate of drug-likeness (QED) is 0.887. The van der Waals surface area contributed by atoms with Crippen molar-refractivity contribution in [1.29, 1.82) is 0 Å². The third-order valence-corrected chi connectivity index (χ3v) is 3.92. The molecule has 4 nitrogen and oxygen atoms in total. The third kappa shape index (κ3) is 2.67. The molecule has 1 aromatic heterocycles. The predicted molar refractivity (Wildman–Crippen MR) is 85.0 cm³/mol. The average Bonchev–Trinajstić information content (AvgIpc) is 2.78. The van der Waals surface area contributed by atoms with Gasteiger partial charge in [0.1, 0.15) is 5.82 Å². The minimum Gasteiger partial charge on any atom is -0.478 e. The summed E-state index contributed by atoms with van der Waals surface area (Å²) in [6, 6.07) is 5.32. The van der Waals surface area contributed by atoms with E-state index in [4.69, 9.17) is 4.98 Å². The fraction of sp³-hybridized carbons (Fsp3) is 0.529. The fourth-order valence-corrected chi connectivity index (χ4v) is 3.04. The van der Waals surface area contributed by atoms with Crippen LogP contribution < -0.4 is 0 Å². The molecule has 1 aromatic carbocycles. The van der Waals surface area contributed by atoms with E-state index in [1.807, 2.05) is 6.07 Å². The number of fused-ring (bicyclic) bond motifs is 1. The predicted octanol–water partition coefficient (Wildman–Crippen LogP) is 4.39. The second-order valence-corrected chi connectivity index (χ2v) is 6.50. The molecular weight excluding hydrogens is 264 g/mol. The van der Waals surface area contributed by atoms with Gasteiger partial charge in [0.25, 0.3) is 0 Å². The smallest absolute Gasteiger partial charge is 0.337 e. The lowest BCUT2D eigenvalue weighted by molar-refractivity contribution is 0.0698. The lowest BCUT2D eigenvalue weighted by Gasteiger charge is -2.30. The second-order valence-electron chi connectivity index (χ2n) is 6.50. The summed E-state index contributed by atoms with van der Waals surface area (Å²) in [5.41, 5.74) is 1.68. The van der Waals surface area contributed by atoms with Gasteiger partial charge in [0, 0.05) is 11.5 Å². The van der Waals surface area contributed by atoms with E-state index < -0.39 is 5.97 Å². The van der Waals surface area contributed by atoms with Crippen LogP contribution in [0, 0.1) is 0 Å². The van der Waals surface area contributed by atoms with Gasteiger partial charge in [0.2, 0.25) is 0 Å². The summed E-state index contributed by atoms with van der Waals surface area (Å²) in [7, 11) is 0. The van der Waals surface area contributed by atoms with Gasteiger partial charge in [-0.3, -0.25) is 0 Å². The van der Waals surface area contributed by atoms with Gasteiger partial charge in [-0.1, -0.05) is 33.3 Å². The zero-order valence-electron chi connectivity index (χ0n) is 13.5. The molecule has 0 atom stereocenters. The highest BCUT2D eigenvalue weighted by atomic mass is 16.4. The van der Waals surface area contributed by atoms with E-state index in [0.29, 0.717) is 5.56 Å². The number of para-hydroxylation sites is 1. The molecule has 21 heavy (non-hydrogen) atoms. The van der Waals surface area contributed by atoms with Crippen LogP contribution in [-0.2, 0) is 5.54 Å². The Hall–Kier alpha value is -1.84. The van der Waals surface area contributed by atoms with Gasteiger partial charge in [-0.25, -0.2) is 9.78 Å². The van der Waals surface area contributed by atoms with Crippen LogP contribution >= 0.6 is 0 Å². The normalized spacial score (nSPS) is 12.3. The number of carbonyl (C=O) groups is 1. The van der Waals surface area contributed by atoms with E-state index in [9.17, 15) is 9.90 Å². The molecule has 0 saturated carbocycles. The first-order valence-electron chi connectivity index (χ1n) is 7.54. The van der Waals surface area contributed by atoms with Gasteiger partial charge >= 0.3 is 5.97 Å². The number of aromatic nitrogens is 2. The van der Waals surface area contributed by atoms with Gasteiger partial charge < -0.3 is 9.67 Å². The second kappa shape index (κ2) is 5.51. The first-order chi connectivity index (χ1) is 9.79. The number of imidazole rings is 1. The standard InChI is InChI=1S/C17H24N2O2/c1-6-10-17(4,5)19-14-12(16(20)21)8-7-9-13(14)18-15(19)11(2)3/h7-9,11H,6,10H2,1-5H3,(H,20,21).